The third kappa shape index (κ3) is 2.62. The van der Waals surface area contributed by atoms with Crippen molar-refractivity contribution in [3.63, 3.8) is 0 Å². The zero-order valence-corrected chi connectivity index (χ0v) is 12.4. The molecule has 1 aromatic rings. The summed E-state index contributed by atoms with van der Waals surface area (Å²) in [6.07, 6.45) is 2.03. The molecule has 0 aromatic heterocycles. The molecule has 1 aliphatic rings. The second-order valence-corrected chi connectivity index (χ2v) is 6.38. The summed E-state index contributed by atoms with van der Waals surface area (Å²) in [6.45, 7) is 3.27. The van der Waals surface area contributed by atoms with Gasteiger partial charge in [0.2, 0.25) is 0 Å². The Morgan fingerprint density at radius 1 is 1.56 bits per heavy atom. The number of nitrogen functional groups attached to an aromatic ring is 1. The average Bonchev–Trinajstić information content (AvgIpc) is 2.38. The summed E-state index contributed by atoms with van der Waals surface area (Å²) in [5, 5.41) is 7.84. The Hall–Kier alpha value is -0.810. The molecule has 3 nitrogen and oxygen atoms in total. The molecular weight excluding hydrogens is 262 g/mol. The molecule has 98 valence electrons. The monoisotopic (exact) mass is 281 g/mol. The standard InChI is InChI=1S/C13H19N3S2/c1-9-8-18-7-6-16(9)10-4-3-5-11(17-2)12(10)13(14)15/h3-5,9H,6-8H2,1-2H3,(H3,14,15). The SMILES string of the molecule is CSc1cccc(N2CCSCC2C)c1C(=N)N. The van der Waals surface area contributed by atoms with Gasteiger partial charge in [-0.15, -0.1) is 11.8 Å². The summed E-state index contributed by atoms with van der Waals surface area (Å²) >= 11 is 3.64. The molecule has 3 N–H and O–H groups in total. The number of thioether (sulfide) groups is 2. The van der Waals surface area contributed by atoms with Gasteiger partial charge in [-0.05, 0) is 25.3 Å². The van der Waals surface area contributed by atoms with E-state index in [1.165, 1.54) is 0 Å². The molecule has 2 rings (SSSR count). The first-order chi connectivity index (χ1) is 8.65. The Bertz CT molecular complexity index is 448. The molecule has 1 atom stereocenters. The van der Waals surface area contributed by atoms with Crippen LogP contribution in [0.15, 0.2) is 23.1 Å². The van der Waals surface area contributed by atoms with Crippen molar-refractivity contribution in [2.24, 2.45) is 5.73 Å². The normalized spacial score (nSPS) is 19.9. The van der Waals surface area contributed by atoms with E-state index >= 15 is 0 Å². The summed E-state index contributed by atoms with van der Waals surface area (Å²) in [5.41, 5.74) is 7.79. The lowest BCUT2D eigenvalue weighted by Gasteiger charge is -2.36. The van der Waals surface area contributed by atoms with Crippen molar-refractivity contribution in [2.45, 2.75) is 17.9 Å². The molecule has 1 heterocycles. The molecule has 0 saturated carbocycles. The lowest BCUT2D eigenvalue weighted by atomic mass is 10.1. The highest BCUT2D eigenvalue weighted by Gasteiger charge is 2.23. The zero-order valence-electron chi connectivity index (χ0n) is 10.8. The summed E-state index contributed by atoms with van der Waals surface area (Å²) in [5.74, 6) is 2.45. The van der Waals surface area contributed by atoms with E-state index in [2.05, 4.69) is 24.0 Å². The second-order valence-electron chi connectivity index (χ2n) is 4.39. The molecule has 0 amide bonds. The Balaban J connectivity index is 2.45. The molecule has 5 heteroatoms. The van der Waals surface area contributed by atoms with Crippen LogP contribution in [0.3, 0.4) is 0 Å². The Kier molecular flexibility index (Phi) is 4.45. The third-order valence-corrected chi connectivity index (χ3v) is 5.14. The second kappa shape index (κ2) is 5.89. The minimum absolute atomic E-state index is 0.167. The lowest BCUT2D eigenvalue weighted by Crippen LogP contribution is -2.41. The molecule has 1 aliphatic heterocycles. The topological polar surface area (TPSA) is 53.1 Å². The van der Waals surface area contributed by atoms with Crippen LogP contribution < -0.4 is 10.6 Å². The van der Waals surface area contributed by atoms with Gasteiger partial charge in [0.15, 0.2) is 0 Å². The number of hydrogen-bond acceptors (Lipinski definition) is 4. The van der Waals surface area contributed by atoms with E-state index < -0.39 is 0 Å². The fourth-order valence-electron chi connectivity index (χ4n) is 2.28. The van der Waals surface area contributed by atoms with Crippen LogP contribution in [0, 0.1) is 5.41 Å². The molecule has 1 aromatic carbocycles. The van der Waals surface area contributed by atoms with Crippen LogP contribution in [0.4, 0.5) is 5.69 Å². The zero-order chi connectivity index (χ0) is 13.1. The van der Waals surface area contributed by atoms with Crippen LogP contribution in [-0.4, -0.2) is 36.2 Å². The first-order valence-corrected chi connectivity index (χ1v) is 8.39. The molecule has 0 bridgehead atoms. The molecule has 1 unspecified atom stereocenters. The predicted octanol–water partition coefficient (Wildman–Crippen LogP) is 2.63. The number of nitrogens with one attached hydrogen (secondary N) is 1. The van der Waals surface area contributed by atoms with Gasteiger partial charge in [-0.2, -0.15) is 11.8 Å². The van der Waals surface area contributed by atoms with Gasteiger partial charge in [-0.1, -0.05) is 6.07 Å². The van der Waals surface area contributed by atoms with Crippen LogP contribution in [0.1, 0.15) is 12.5 Å². The van der Waals surface area contributed by atoms with Crippen LogP contribution >= 0.6 is 23.5 Å². The molecule has 1 saturated heterocycles. The fourth-order valence-corrected chi connectivity index (χ4v) is 3.93. The first kappa shape index (κ1) is 13.6. The number of hydrogen-bond donors (Lipinski definition) is 2. The van der Waals surface area contributed by atoms with Crippen molar-refractivity contribution < 1.29 is 0 Å². The smallest absolute Gasteiger partial charge is 0.126 e. The number of nitrogens with zero attached hydrogens (tertiary/aromatic N) is 1. The minimum Gasteiger partial charge on any atom is -0.384 e. The van der Waals surface area contributed by atoms with Gasteiger partial charge >= 0.3 is 0 Å². The predicted molar refractivity (Wildman–Crippen MR) is 83.4 cm³/mol. The van der Waals surface area contributed by atoms with Crippen molar-refractivity contribution in [2.75, 3.05) is 29.2 Å². The minimum atomic E-state index is 0.167. The first-order valence-electron chi connectivity index (χ1n) is 6.01. The maximum Gasteiger partial charge on any atom is 0.126 e. The van der Waals surface area contributed by atoms with E-state index in [-0.39, 0.29) is 5.84 Å². The van der Waals surface area contributed by atoms with E-state index in [0.29, 0.717) is 6.04 Å². The van der Waals surface area contributed by atoms with E-state index in [1.807, 2.05) is 24.1 Å². The fraction of sp³-hybridized carbons (Fsp3) is 0.462. The average molecular weight is 281 g/mol. The maximum absolute atomic E-state index is 7.84. The van der Waals surface area contributed by atoms with Gasteiger partial charge in [-0.25, -0.2) is 0 Å². The molecule has 1 fully saturated rings. The van der Waals surface area contributed by atoms with Crippen LogP contribution in [0.25, 0.3) is 0 Å². The number of nitrogens with two attached hydrogens (primary N) is 1. The van der Waals surface area contributed by atoms with E-state index in [1.54, 1.807) is 11.8 Å². The van der Waals surface area contributed by atoms with Crippen LogP contribution in [0.5, 0.6) is 0 Å². The largest absolute Gasteiger partial charge is 0.384 e. The van der Waals surface area contributed by atoms with Crippen molar-refractivity contribution in [1.29, 1.82) is 5.41 Å². The van der Waals surface area contributed by atoms with Crippen LogP contribution in [0.2, 0.25) is 0 Å². The Labute approximate surface area is 117 Å². The maximum atomic E-state index is 7.84. The lowest BCUT2D eigenvalue weighted by molar-refractivity contribution is 0.698. The van der Waals surface area contributed by atoms with Gasteiger partial charge in [0.25, 0.3) is 0 Å². The highest BCUT2D eigenvalue weighted by Crippen LogP contribution is 2.32. The molecular formula is C13H19N3S2. The molecule has 0 radical (unpaired) electrons. The van der Waals surface area contributed by atoms with Gasteiger partial charge in [0.1, 0.15) is 5.84 Å². The van der Waals surface area contributed by atoms with Crippen LogP contribution in [-0.2, 0) is 0 Å². The quantitative estimate of drug-likeness (QED) is 0.508. The summed E-state index contributed by atoms with van der Waals surface area (Å²) < 4.78 is 0. The summed E-state index contributed by atoms with van der Waals surface area (Å²) in [7, 11) is 0. The van der Waals surface area contributed by atoms with Crippen molar-refractivity contribution in [1.82, 2.24) is 0 Å². The van der Waals surface area contributed by atoms with Gasteiger partial charge < -0.3 is 10.6 Å². The Morgan fingerprint density at radius 2 is 2.33 bits per heavy atom. The molecule has 0 spiro atoms. The van der Waals surface area contributed by atoms with Gasteiger partial charge in [0.05, 0.1) is 5.56 Å². The third-order valence-electron chi connectivity index (χ3n) is 3.17. The van der Waals surface area contributed by atoms with E-state index in [0.717, 1.165) is 34.2 Å². The van der Waals surface area contributed by atoms with E-state index in [9.17, 15) is 0 Å². The van der Waals surface area contributed by atoms with Crippen molar-refractivity contribution in [3.8, 4) is 0 Å². The van der Waals surface area contributed by atoms with Crippen molar-refractivity contribution >= 4 is 35.0 Å². The number of rotatable bonds is 3. The highest BCUT2D eigenvalue weighted by atomic mass is 32.2. The molecule has 0 aliphatic carbocycles. The van der Waals surface area contributed by atoms with Crippen molar-refractivity contribution in [3.05, 3.63) is 23.8 Å². The van der Waals surface area contributed by atoms with Gasteiger partial charge in [0, 0.05) is 34.7 Å². The summed E-state index contributed by atoms with van der Waals surface area (Å²) in [4.78, 5) is 3.47. The highest BCUT2D eigenvalue weighted by molar-refractivity contribution is 7.99. The number of benzene rings is 1. The molecule has 18 heavy (non-hydrogen) atoms. The number of amidine groups is 1. The van der Waals surface area contributed by atoms with E-state index in [4.69, 9.17) is 11.1 Å². The Morgan fingerprint density at radius 3 is 2.94 bits per heavy atom. The summed E-state index contributed by atoms with van der Waals surface area (Å²) in [6, 6.07) is 6.68. The van der Waals surface area contributed by atoms with Gasteiger partial charge in [-0.3, -0.25) is 5.41 Å². The number of anilines is 1.